The molecule has 2 N–H and O–H groups in total. The van der Waals surface area contributed by atoms with Crippen LogP contribution in [0.1, 0.15) is 54.3 Å². The van der Waals surface area contributed by atoms with Crippen LogP contribution in [0.4, 0.5) is 54.4 Å². The van der Waals surface area contributed by atoms with Crippen molar-refractivity contribution in [1.82, 2.24) is 0 Å². The van der Waals surface area contributed by atoms with Gasteiger partial charge < -0.3 is 15.2 Å². The highest BCUT2D eigenvalue weighted by atomic mass is 19.4. The van der Waals surface area contributed by atoms with E-state index in [9.17, 15) is 49.1 Å². The maximum atomic E-state index is 16.8. The van der Waals surface area contributed by atoms with E-state index >= 15 is 4.39 Å². The van der Waals surface area contributed by atoms with Gasteiger partial charge in [0, 0.05) is 5.56 Å². The highest BCUT2D eigenvalue weighted by Crippen LogP contribution is 2.58. The number of carbonyl (C=O) groups excluding carboxylic acids is 2. The van der Waals surface area contributed by atoms with E-state index in [1.807, 2.05) is 0 Å². The fourth-order valence-corrected chi connectivity index (χ4v) is 5.18. The van der Waals surface area contributed by atoms with Crippen LogP contribution in [0, 0.1) is 5.41 Å². The average molecular weight is 618 g/mol. The van der Waals surface area contributed by atoms with Gasteiger partial charge in [-0.05, 0) is 61.7 Å². The van der Waals surface area contributed by atoms with Crippen LogP contribution in [0.5, 0.6) is 0 Å². The molecule has 2 aromatic rings. The highest BCUT2D eigenvalue weighted by Gasteiger charge is 2.68. The number of esters is 1. The molecule has 0 bridgehead atoms. The smallest absolute Gasteiger partial charge is 0.416 e. The van der Waals surface area contributed by atoms with E-state index in [1.54, 1.807) is 0 Å². The Morgan fingerprint density at radius 3 is 1.83 bits per heavy atom. The van der Waals surface area contributed by atoms with Crippen molar-refractivity contribution < 1.29 is 63.0 Å². The molecule has 2 aromatic carbocycles. The van der Waals surface area contributed by atoms with Crippen molar-refractivity contribution in [2.45, 2.75) is 57.1 Å². The van der Waals surface area contributed by atoms with Crippen molar-refractivity contribution in [2.75, 3.05) is 18.6 Å². The van der Waals surface area contributed by atoms with Gasteiger partial charge in [-0.2, -0.15) is 39.5 Å². The van der Waals surface area contributed by atoms with E-state index in [2.05, 4.69) is 0 Å². The Morgan fingerprint density at radius 1 is 0.881 bits per heavy atom. The van der Waals surface area contributed by atoms with E-state index in [0.717, 1.165) is 0 Å². The Labute approximate surface area is 232 Å². The van der Waals surface area contributed by atoms with Crippen molar-refractivity contribution in [3.8, 4) is 0 Å². The summed E-state index contributed by atoms with van der Waals surface area (Å²) < 4.78 is 149. The third-order valence-corrected chi connectivity index (χ3v) is 7.14. The SMILES string of the molecule is CCOC(=O)N1c2ccc(C(F)(F)F)cc2[C@H](F)C(Cc2cc(C(F)(F)F)cc(C(F)(F)F)c2)(C(=O)OC)[C@@]1(N)CC. The number of fused-ring (bicyclic) bond motifs is 1. The Morgan fingerprint density at radius 2 is 1.40 bits per heavy atom. The minimum absolute atomic E-state index is 0.201. The van der Waals surface area contributed by atoms with Crippen molar-refractivity contribution in [3.05, 3.63) is 64.2 Å². The quantitative estimate of drug-likeness (QED) is 0.283. The molecule has 1 aliphatic rings. The highest BCUT2D eigenvalue weighted by molar-refractivity contribution is 5.95. The lowest BCUT2D eigenvalue weighted by molar-refractivity contribution is -0.165. The van der Waals surface area contributed by atoms with Crippen molar-refractivity contribution in [3.63, 3.8) is 0 Å². The third-order valence-electron chi connectivity index (χ3n) is 7.14. The van der Waals surface area contributed by atoms with Crippen molar-refractivity contribution in [1.29, 1.82) is 0 Å². The van der Waals surface area contributed by atoms with Gasteiger partial charge in [-0.15, -0.1) is 0 Å². The van der Waals surface area contributed by atoms with Crippen LogP contribution in [-0.2, 0) is 39.2 Å². The molecule has 3 rings (SSSR count). The van der Waals surface area contributed by atoms with Gasteiger partial charge in [0.15, 0.2) is 0 Å². The summed E-state index contributed by atoms with van der Waals surface area (Å²) in [5, 5.41) is 0. The van der Waals surface area contributed by atoms with Crippen LogP contribution in [0.2, 0.25) is 0 Å². The molecule has 42 heavy (non-hydrogen) atoms. The molecule has 0 spiro atoms. The van der Waals surface area contributed by atoms with Crippen LogP contribution in [0.3, 0.4) is 0 Å². The van der Waals surface area contributed by atoms with E-state index < -0.39 is 94.2 Å². The number of rotatable bonds is 5. The molecule has 16 heteroatoms. The summed E-state index contributed by atoms with van der Waals surface area (Å²) in [6.45, 7) is 2.23. The van der Waals surface area contributed by atoms with E-state index in [-0.39, 0.29) is 30.9 Å². The first-order chi connectivity index (χ1) is 19.2. The first kappa shape index (κ1) is 32.9. The molecule has 6 nitrogen and oxygen atoms in total. The lowest BCUT2D eigenvalue weighted by Gasteiger charge is -2.56. The lowest BCUT2D eigenvalue weighted by Crippen LogP contribution is -2.74. The lowest BCUT2D eigenvalue weighted by atomic mass is 9.61. The third kappa shape index (κ3) is 5.47. The van der Waals surface area contributed by atoms with Crippen LogP contribution >= 0.6 is 0 Å². The van der Waals surface area contributed by atoms with Gasteiger partial charge in [0.05, 0.1) is 36.1 Å². The van der Waals surface area contributed by atoms with Crippen molar-refractivity contribution >= 4 is 17.7 Å². The molecule has 1 heterocycles. The Hall–Kier alpha value is -3.56. The standard InChI is InChI=1S/C26H24F10N2O4/c1-4-23(37)22(20(39)41-3,12-13-8-15(25(31,32)33)10-16(9-13)26(34,35)36)19(27)17-11-14(24(28,29)30)6-7-18(17)38(23)21(40)42-5-2/h6-11,19H,4-5,12,37H2,1-3H3/t19-,22?,23+/m0/s1. The number of carbonyl (C=O) groups is 2. The topological polar surface area (TPSA) is 81.9 Å². The van der Waals surface area contributed by atoms with Gasteiger partial charge in [-0.1, -0.05) is 6.92 Å². The van der Waals surface area contributed by atoms with E-state index in [0.29, 0.717) is 24.1 Å². The number of alkyl halides is 10. The number of amides is 1. The summed E-state index contributed by atoms with van der Waals surface area (Å²) in [7, 11) is 0.705. The molecule has 0 saturated carbocycles. The first-order valence-corrected chi connectivity index (χ1v) is 12.2. The minimum Gasteiger partial charge on any atom is -0.468 e. The zero-order chi connectivity index (χ0) is 32.1. The number of methoxy groups -OCH3 is 1. The van der Waals surface area contributed by atoms with Gasteiger partial charge in [-0.25, -0.2) is 9.18 Å². The Kier molecular flexibility index (Phi) is 8.58. The van der Waals surface area contributed by atoms with Gasteiger partial charge in [0.1, 0.15) is 17.2 Å². The fourth-order valence-electron chi connectivity index (χ4n) is 5.18. The van der Waals surface area contributed by atoms with Gasteiger partial charge in [0.25, 0.3) is 0 Å². The summed E-state index contributed by atoms with van der Waals surface area (Å²) >= 11 is 0. The maximum Gasteiger partial charge on any atom is 0.416 e. The van der Waals surface area contributed by atoms with Crippen LogP contribution < -0.4 is 10.6 Å². The number of halogens is 10. The molecule has 0 saturated heterocycles. The second-order valence-electron chi connectivity index (χ2n) is 9.50. The maximum absolute atomic E-state index is 16.8. The second-order valence-corrected chi connectivity index (χ2v) is 9.50. The number of ether oxygens (including phenoxy) is 2. The molecule has 0 aliphatic carbocycles. The van der Waals surface area contributed by atoms with Gasteiger partial charge in [0.2, 0.25) is 0 Å². The normalized spacial score (nSPS) is 22.9. The molecule has 1 amide bonds. The zero-order valence-electron chi connectivity index (χ0n) is 22.1. The Balaban J connectivity index is 2.47. The molecule has 0 aromatic heterocycles. The van der Waals surface area contributed by atoms with Gasteiger partial charge in [-0.3, -0.25) is 9.69 Å². The molecular weight excluding hydrogens is 594 g/mol. The fraction of sp³-hybridized carbons (Fsp3) is 0.462. The Bertz CT molecular complexity index is 1330. The second kappa shape index (κ2) is 10.9. The molecule has 1 unspecified atom stereocenters. The minimum atomic E-state index is -5.33. The number of hydrogen-bond donors (Lipinski definition) is 1. The summed E-state index contributed by atoms with van der Waals surface area (Å²) in [6.07, 6.45) is -22.0. The number of hydrogen-bond acceptors (Lipinski definition) is 5. The summed E-state index contributed by atoms with van der Waals surface area (Å²) in [5.74, 6) is -1.65. The van der Waals surface area contributed by atoms with E-state index in [4.69, 9.17) is 15.2 Å². The number of anilines is 1. The number of nitrogens with two attached hydrogens (primary N) is 1. The first-order valence-electron chi connectivity index (χ1n) is 12.2. The van der Waals surface area contributed by atoms with Crippen LogP contribution in [-0.4, -0.2) is 31.4 Å². The summed E-state index contributed by atoms with van der Waals surface area (Å²) in [5.41, 5.74) is -6.64. The predicted molar refractivity (Wildman–Crippen MR) is 127 cm³/mol. The summed E-state index contributed by atoms with van der Waals surface area (Å²) in [6, 6.07) is 1.71. The zero-order valence-corrected chi connectivity index (χ0v) is 22.1. The molecule has 1 aliphatic heterocycles. The molecule has 0 fully saturated rings. The molecular formula is C26H24F10N2O4. The largest absolute Gasteiger partial charge is 0.468 e. The van der Waals surface area contributed by atoms with Crippen LogP contribution in [0.15, 0.2) is 36.4 Å². The van der Waals surface area contributed by atoms with Crippen LogP contribution in [0.25, 0.3) is 0 Å². The van der Waals surface area contributed by atoms with Crippen molar-refractivity contribution in [2.24, 2.45) is 11.1 Å². The number of benzene rings is 2. The number of nitrogens with zero attached hydrogens (tertiary/aromatic N) is 1. The predicted octanol–water partition coefficient (Wildman–Crippen LogP) is 7.20. The summed E-state index contributed by atoms with van der Waals surface area (Å²) in [4.78, 5) is 27.1. The average Bonchev–Trinajstić information content (AvgIpc) is 2.88. The molecule has 3 atom stereocenters. The molecule has 232 valence electrons. The monoisotopic (exact) mass is 618 g/mol. The van der Waals surface area contributed by atoms with Gasteiger partial charge >= 0.3 is 30.6 Å². The molecule has 0 radical (unpaired) electrons. The van der Waals surface area contributed by atoms with E-state index in [1.165, 1.54) is 13.8 Å².